The van der Waals surface area contributed by atoms with Gasteiger partial charge < -0.3 is 15.8 Å². The van der Waals surface area contributed by atoms with E-state index in [9.17, 15) is 4.79 Å². The monoisotopic (exact) mass is 248 g/mol. The van der Waals surface area contributed by atoms with Crippen LogP contribution in [0.25, 0.3) is 0 Å². The Balaban J connectivity index is 2.41. The number of nitrogen functional groups attached to an aromatic ring is 1. The number of hydrogen-bond donors (Lipinski definition) is 2. The van der Waals surface area contributed by atoms with Gasteiger partial charge in [-0.3, -0.25) is 4.79 Å². The van der Waals surface area contributed by atoms with Gasteiger partial charge in [0.05, 0.1) is 18.8 Å². The van der Waals surface area contributed by atoms with E-state index in [2.05, 4.69) is 11.9 Å². The molecule has 0 atom stereocenters. The molecule has 1 aromatic rings. The van der Waals surface area contributed by atoms with Gasteiger partial charge in [0.2, 0.25) is 0 Å². The summed E-state index contributed by atoms with van der Waals surface area (Å²) in [7, 11) is 0. The molecule has 4 nitrogen and oxygen atoms in total. The van der Waals surface area contributed by atoms with Gasteiger partial charge >= 0.3 is 0 Å². The predicted octanol–water partition coefficient (Wildman–Crippen LogP) is 1.90. The lowest BCUT2D eigenvalue weighted by atomic mass is 10.1. The molecule has 0 saturated carbocycles. The van der Waals surface area contributed by atoms with Crippen LogP contribution in [0.1, 0.15) is 22.8 Å². The van der Waals surface area contributed by atoms with E-state index in [1.165, 1.54) is 0 Å². The first-order chi connectivity index (χ1) is 8.50. The highest BCUT2D eigenvalue weighted by atomic mass is 16.5. The Morgan fingerprint density at radius 1 is 1.50 bits per heavy atom. The molecule has 0 radical (unpaired) electrons. The number of benzene rings is 1. The average molecular weight is 248 g/mol. The van der Waals surface area contributed by atoms with Crippen LogP contribution in [0.15, 0.2) is 30.4 Å². The van der Waals surface area contributed by atoms with Gasteiger partial charge in [-0.15, -0.1) is 0 Å². The zero-order valence-electron chi connectivity index (χ0n) is 11.0. The summed E-state index contributed by atoms with van der Waals surface area (Å²) < 4.78 is 5.29. The highest BCUT2D eigenvalue weighted by molar-refractivity contribution is 5.99. The summed E-state index contributed by atoms with van der Waals surface area (Å²) in [6.45, 7) is 8.98. The van der Waals surface area contributed by atoms with Gasteiger partial charge in [0, 0.05) is 12.2 Å². The lowest BCUT2D eigenvalue weighted by Gasteiger charge is -2.08. The van der Waals surface area contributed by atoms with E-state index in [1.807, 2.05) is 19.9 Å². The van der Waals surface area contributed by atoms with Crippen molar-refractivity contribution in [2.45, 2.75) is 13.8 Å². The normalized spacial score (nSPS) is 10.1. The third kappa shape index (κ3) is 4.59. The molecule has 0 aliphatic rings. The smallest absolute Gasteiger partial charge is 0.253 e. The number of nitrogens with one attached hydrogen (secondary N) is 1. The van der Waals surface area contributed by atoms with Crippen molar-refractivity contribution >= 4 is 11.6 Å². The number of amides is 1. The highest BCUT2D eigenvalue weighted by Gasteiger charge is 2.08. The van der Waals surface area contributed by atoms with Crippen molar-refractivity contribution in [3.63, 3.8) is 0 Å². The van der Waals surface area contributed by atoms with E-state index in [0.29, 0.717) is 31.0 Å². The molecular formula is C14H20N2O2. The van der Waals surface area contributed by atoms with Crippen molar-refractivity contribution in [3.8, 4) is 0 Å². The number of rotatable bonds is 6. The summed E-state index contributed by atoms with van der Waals surface area (Å²) in [4.78, 5) is 11.9. The molecule has 0 aliphatic heterocycles. The Hall–Kier alpha value is -1.81. The molecule has 0 fully saturated rings. The molecule has 1 rings (SSSR count). The molecule has 0 saturated heterocycles. The maximum atomic E-state index is 11.9. The van der Waals surface area contributed by atoms with Crippen LogP contribution in [0, 0.1) is 6.92 Å². The van der Waals surface area contributed by atoms with Gasteiger partial charge in [0.25, 0.3) is 5.91 Å². The number of hydrogen-bond acceptors (Lipinski definition) is 3. The first-order valence-electron chi connectivity index (χ1n) is 5.87. The molecule has 18 heavy (non-hydrogen) atoms. The zero-order chi connectivity index (χ0) is 13.5. The van der Waals surface area contributed by atoms with Crippen LogP contribution in [-0.4, -0.2) is 25.7 Å². The minimum absolute atomic E-state index is 0.171. The standard InChI is InChI=1S/C14H20N2O2/c1-10(2)9-18-7-6-16-14(17)12-8-11(3)4-5-13(12)15/h4-5,8H,1,6-7,9,15H2,2-3H3,(H,16,17). The number of aryl methyl sites for hydroxylation is 1. The van der Waals surface area contributed by atoms with Gasteiger partial charge in [-0.25, -0.2) is 0 Å². The fourth-order valence-corrected chi connectivity index (χ4v) is 1.45. The Morgan fingerprint density at radius 3 is 2.89 bits per heavy atom. The van der Waals surface area contributed by atoms with E-state index in [-0.39, 0.29) is 5.91 Å². The van der Waals surface area contributed by atoms with Gasteiger partial charge in [0.1, 0.15) is 0 Å². The summed E-state index contributed by atoms with van der Waals surface area (Å²) in [5.41, 5.74) is 8.72. The van der Waals surface area contributed by atoms with Crippen LogP contribution < -0.4 is 11.1 Å². The van der Waals surface area contributed by atoms with Crippen LogP contribution in [0.3, 0.4) is 0 Å². The van der Waals surface area contributed by atoms with Crippen LogP contribution in [0.4, 0.5) is 5.69 Å². The number of carbonyl (C=O) groups is 1. The molecule has 1 aromatic carbocycles. The minimum Gasteiger partial charge on any atom is -0.398 e. The van der Waals surface area contributed by atoms with Crippen LogP contribution >= 0.6 is 0 Å². The SMILES string of the molecule is C=C(C)COCCNC(=O)c1cc(C)ccc1N. The van der Waals surface area contributed by atoms with E-state index in [1.54, 1.807) is 12.1 Å². The number of nitrogens with two attached hydrogens (primary N) is 1. The third-order valence-electron chi connectivity index (χ3n) is 2.33. The number of carbonyl (C=O) groups excluding carboxylic acids is 1. The lowest BCUT2D eigenvalue weighted by molar-refractivity contribution is 0.0927. The topological polar surface area (TPSA) is 64.3 Å². The predicted molar refractivity (Wildman–Crippen MR) is 73.6 cm³/mol. The molecule has 0 aliphatic carbocycles. The number of ether oxygens (including phenoxy) is 1. The van der Waals surface area contributed by atoms with Gasteiger partial charge in [-0.2, -0.15) is 0 Å². The van der Waals surface area contributed by atoms with E-state index >= 15 is 0 Å². The van der Waals surface area contributed by atoms with Crippen LogP contribution in [0.5, 0.6) is 0 Å². The molecule has 0 spiro atoms. The molecule has 4 heteroatoms. The zero-order valence-corrected chi connectivity index (χ0v) is 11.0. The quantitative estimate of drug-likeness (QED) is 0.459. The van der Waals surface area contributed by atoms with Gasteiger partial charge in [0.15, 0.2) is 0 Å². The molecule has 0 bridgehead atoms. The summed E-state index contributed by atoms with van der Waals surface area (Å²) in [6, 6.07) is 5.39. The van der Waals surface area contributed by atoms with E-state index in [4.69, 9.17) is 10.5 Å². The van der Waals surface area contributed by atoms with Crippen LogP contribution in [0.2, 0.25) is 0 Å². The van der Waals surface area contributed by atoms with Crippen molar-refractivity contribution in [3.05, 3.63) is 41.5 Å². The van der Waals surface area contributed by atoms with Crippen molar-refractivity contribution in [2.75, 3.05) is 25.5 Å². The summed E-state index contributed by atoms with van der Waals surface area (Å²) in [5, 5.41) is 2.77. The second-order valence-corrected chi connectivity index (χ2v) is 4.36. The van der Waals surface area contributed by atoms with E-state index < -0.39 is 0 Å². The van der Waals surface area contributed by atoms with Crippen molar-refractivity contribution in [1.82, 2.24) is 5.32 Å². The fraction of sp³-hybridized carbons (Fsp3) is 0.357. The lowest BCUT2D eigenvalue weighted by Crippen LogP contribution is -2.28. The fourth-order valence-electron chi connectivity index (χ4n) is 1.45. The van der Waals surface area contributed by atoms with Crippen molar-refractivity contribution in [2.24, 2.45) is 0 Å². The largest absolute Gasteiger partial charge is 0.398 e. The maximum Gasteiger partial charge on any atom is 0.253 e. The molecule has 0 heterocycles. The highest BCUT2D eigenvalue weighted by Crippen LogP contribution is 2.13. The Bertz CT molecular complexity index is 441. The molecule has 3 N–H and O–H groups in total. The molecule has 98 valence electrons. The van der Waals surface area contributed by atoms with Crippen molar-refractivity contribution < 1.29 is 9.53 Å². The second kappa shape index (κ2) is 6.81. The van der Waals surface area contributed by atoms with Gasteiger partial charge in [-0.05, 0) is 26.0 Å². The summed E-state index contributed by atoms with van der Waals surface area (Å²) in [5.74, 6) is -0.171. The second-order valence-electron chi connectivity index (χ2n) is 4.36. The van der Waals surface area contributed by atoms with Crippen molar-refractivity contribution in [1.29, 1.82) is 0 Å². The van der Waals surface area contributed by atoms with E-state index in [0.717, 1.165) is 11.1 Å². The average Bonchev–Trinajstić information content (AvgIpc) is 2.31. The summed E-state index contributed by atoms with van der Waals surface area (Å²) >= 11 is 0. The third-order valence-corrected chi connectivity index (χ3v) is 2.33. The Labute approximate surface area is 108 Å². The molecule has 0 aromatic heterocycles. The first kappa shape index (κ1) is 14.3. The molecule has 0 unspecified atom stereocenters. The minimum atomic E-state index is -0.171. The summed E-state index contributed by atoms with van der Waals surface area (Å²) in [6.07, 6.45) is 0. The first-order valence-corrected chi connectivity index (χ1v) is 5.87. The van der Waals surface area contributed by atoms with Gasteiger partial charge in [-0.1, -0.05) is 23.8 Å². The Kier molecular flexibility index (Phi) is 5.39. The van der Waals surface area contributed by atoms with Crippen LogP contribution in [-0.2, 0) is 4.74 Å². The Morgan fingerprint density at radius 2 is 2.22 bits per heavy atom. The maximum absolute atomic E-state index is 11.9. The molecular weight excluding hydrogens is 228 g/mol. The number of anilines is 1. The molecule has 1 amide bonds.